The van der Waals surface area contributed by atoms with Crippen LogP contribution in [0.4, 0.5) is 10.7 Å². The summed E-state index contributed by atoms with van der Waals surface area (Å²) >= 11 is 1.59. The number of hydrogen-bond acceptors (Lipinski definition) is 5. The third-order valence-electron chi connectivity index (χ3n) is 5.81. The van der Waals surface area contributed by atoms with Gasteiger partial charge in [-0.15, -0.1) is 11.3 Å². The Labute approximate surface area is 204 Å². The molecule has 5 nitrogen and oxygen atoms in total. The van der Waals surface area contributed by atoms with Crippen molar-refractivity contribution in [1.82, 2.24) is 0 Å². The maximum atomic E-state index is 13.0. The summed E-state index contributed by atoms with van der Waals surface area (Å²) < 4.78 is 11.0. The number of nitrogens with one attached hydrogen (secondary N) is 2. The molecule has 0 aliphatic rings. The molecule has 3 aromatic carbocycles. The van der Waals surface area contributed by atoms with Crippen molar-refractivity contribution < 1.29 is 14.3 Å². The molecule has 0 unspecified atom stereocenters. The van der Waals surface area contributed by atoms with Gasteiger partial charge in [-0.25, -0.2) is 0 Å². The average Bonchev–Trinajstić information content (AvgIpc) is 3.15. The van der Waals surface area contributed by atoms with E-state index in [1.54, 1.807) is 25.6 Å². The second-order valence-corrected chi connectivity index (χ2v) is 9.13. The first-order valence-corrected chi connectivity index (χ1v) is 11.8. The van der Waals surface area contributed by atoms with Crippen LogP contribution in [0.1, 0.15) is 38.0 Å². The fourth-order valence-corrected chi connectivity index (χ4v) is 5.00. The summed E-state index contributed by atoms with van der Waals surface area (Å²) in [7, 11) is 3.26. The molecule has 0 saturated heterocycles. The molecule has 174 valence electrons. The summed E-state index contributed by atoms with van der Waals surface area (Å²) in [5.41, 5.74) is 4.76. The van der Waals surface area contributed by atoms with Gasteiger partial charge in [0.2, 0.25) is 0 Å². The molecule has 0 radical (unpaired) electrons. The fraction of sp³-hybridized carbons (Fsp3) is 0.179. The second kappa shape index (κ2) is 10.4. The molecular formula is C28H28N2O3S. The van der Waals surface area contributed by atoms with Crippen LogP contribution in [-0.4, -0.2) is 20.1 Å². The number of rotatable bonds is 8. The molecule has 0 aliphatic heterocycles. The molecule has 0 bridgehead atoms. The van der Waals surface area contributed by atoms with Crippen LogP contribution in [0.2, 0.25) is 0 Å². The number of anilines is 2. The van der Waals surface area contributed by atoms with Crippen LogP contribution in [0, 0.1) is 13.8 Å². The predicted molar refractivity (Wildman–Crippen MR) is 140 cm³/mol. The smallest absolute Gasteiger partial charge is 0.256 e. The average molecular weight is 473 g/mol. The van der Waals surface area contributed by atoms with Gasteiger partial charge in [0.05, 0.1) is 20.3 Å². The van der Waals surface area contributed by atoms with Crippen molar-refractivity contribution in [1.29, 1.82) is 0 Å². The van der Waals surface area contributed by atoms with E-state index >= 15 is 0 Å². The number of aryl methyl sites for hydroxylation is 1. The van der Waals surface area contributed by atoms with Crippen LogP contribution >= 0.6 is 11.3 Å². The van der Waals surface area contributed by atoms with Crippen LogP contribution < -0.4 is 20.1 Å². The molecule has 0 saturated carbocycles. The summed E-state index contributed by atoms with van der Waals surface area (Å²) in [5, 5.41) is 7.65. The van der Waals surface area contributed by atoms with Crippen LogP contribution in [0.5, 0.6) is 11.5 Å². The third-order valence-corrected chi connectivity index (χ3v) is 6.95. The summed E-state index contributed by atoms with van der Waals surface area (Å²) in [6.07, 6.45) is 0. The first kappa shape index (κ1) is 23.4. The van der Waals surface area contributed by atoms with Crippen molar-refractivity contribution in [3.05, 3.63) is 106 Å². The van der Waals surface area contributed by atoms with Gasteiger partial charge in [0.15, 0.2) is 11.5 Å². The highest BCUT2D eigenvalue weighted by Crippen LogP contribution is 2.42. The molecule has 0 spiro atoms. The fourth-order valence-electron chi connectivity index (χ4n) is 3.91. The number of thiophene rings is 1. The topological polar surface area (TPSA) is 59.6 Å². The summed E-state index contributed by atoms with van der Waals surface area (Å²) in [6, 6.07) is 25.0. The molecule has 1 atom stereocenters. The predicted octanol–water partition coefficient (Wildman–Crippen LogP) is 6.84. The Balaban J connectivity index is 1.81. The number of ether oxygens (including phenoxy) is 2. The Morgan fingerprint density at radius 3 is 2.15 bits per heavy atom. The standard InChI is InChI=1S/C28H28N2O3S/c1-18-19(2)34-28(30-27(31)20-11-7-5-8-12-20)25(18)26(29-22-13-9-6-10-14-22)21-15-16-23(32-3)24(17-21)33-4/h5-17,26,29H,1-4H3,(H,30,31)/t26-/m1/s1. The van der Waals surface area contributed by atoms with Gasteiger partial charge >= 0.3 is 0 Å². The molecule has 6 heteroatoms. The maximum absolute atomic E-state index is 13.0. The number of carbonyl (C=O) groups excluding carboxylic acids is 1. The number of carbonyl (C=O) groups is 1. The van der Waals surface area contributed by atoms with Gasteiger partial charge < -0.3 is 20.1 Å². The van der Waals surface area contributed by atoms with Gasteiger partial charge in [-0.05, 0) is 61.4 Å². The molecule has 34 heavy (non-hydrogen) atoms. The molecule has 4 aromatic rings. The Hall–Kier alpha value is -3.77. The van der Waals surface area contributed by atoms with E-state index in [2.05, 4.69) is 24.5 Å². The van der Waals surface area contributed by atoms with E-state index in [0.717, 1.165) is 32.3 Å². The third kappa shape index (κ3) is 4.92. The zero-order valence-corrected chi connectivity index (χ0v) is 20.5. The van der Waals surface area contributed by atoms with Crippen molar-refractivity contribution in [3.63, 3.8) is 0 Å². The van der Waals surface area contributed by atoms with Gasteiger partial charge in [-0.2, -0.15) is 0 Å². The minimum Gasteiger partial charge on any atom is -0.493 e. The number of para-hydroxylation sites is 1. The molecule has 0 fully saturated rings. The maximum Gasteiger partial charge on any atom is 0.256 e. The molecule has 4 rings (SSSR count). The van der Waals surface area contributed by atoms with Gasteiger partial charge in [-0.3, -0.25) is 4.79 Å². The Bertz CT molecular complexity index is 1270. The Morgan fingerprint density at radius 2 is 1.50 bits per heavy atom. The number of hydrogen-bond donors (Lipinski definition) is 2. The van der Waals surface area contributed by atoms with Crippen molar-refractivity contribution in [2.75, 3.05) is 24.9 Å². The Morgan fingerprint density at radius 1 is 0.853 bits per heavy atom. The molecule has 1 amide bonds. The summed E-state index contributed by atoms with van der Waals surface area (Å²) in [5.74, 6) is 1.19. The van der Waals surface area contributed by atoms with Crippen molar-refractivity contribution in [3.8, 4) is 11.5 Å². The monoisotopic (exact) mass is 472 g/mol. The minimum atomic E-state index is -0.224. The minimum absolute atomic E-state index is 0.131. The normalized spacial score (nSPS) is 11.5. The van der Waals surface area contributed by atoms with E-state index in [1.165, 1.54) is 0 Å². The van der Waals surface area contributed by atoms with E-state index in [0.29, 0.717) is 17.1 Å². The molecule has 0 aliphatic carbocycles. The SMILES string of the molecule is COc1ccc([C@@H](Nc2ccccc2)c2c(NC(=O)c3ccccc3)sc(C)c2C)cc1OC. The zero-order chi connectivity index (χ0) is 24.1. The first-order valence-electron chi connectivity index (χ1n) is 11.0. The van der Waals surface area contributed by atoms with Crippen molar-refractivity contribution >= 4 is 27.9 Å². The lowest BCUT2D eigenvalue weighted by molar-refractivity contribution is 0.102. The Kier molecular flexibility index (Phi) is 7.18. The van der Waals surface area contributed by atoms with Crippen LogP contribution in [0.15, 0.2) is 78.9 Å². The van der Waals surface area contributed by atoms with E-state index in [-0.39, 0.29) is 11.9 Å². The second-order valence-electron chi connectivity index (χ2n) is 7.90. The van der Waals surface area contributed by atoms with Crippen LogP contribution in [0.3, 0.4) is 0 Å². The van der Waals surface area contributed by atoms with E-state index in [9.17, 15) is 4.79 Å². The summed E-state index contributed by atoms with van der Waals surface area (Å²) in [6.45, 7) is 4.18. The lowest BCUT2D eigenvalue weighted by Crippen LogP contribution is -2.17. The van der Waals surface area contributed by atoms with Crippen molar-refractivity contribution in [2.24, 2.45) is 0 Å². The molecular weight excluding hydrogens is 444 g/mol. The highest BCUT2D eigenvalue weighted by atomic mass is 32.1. The van der Waals surface area contributed by atoms with Gasteiger partial charge in [-0.1, -0.05) is 42.5 Å². The number of benzene rings is 3. The largest absolute Gasteiger partial charge is 0.493 e. The van der Waals surface area contributed by atoms with Gasteiger partial charge in [0.25, 0.3) is 5.91 Å². The highest BCUT2D eigenvalue weighted by Gasteiger charge is 2.26. The first-order chi connectivity index (χ1) is 16.5. The molecule has 1 aromatic heterocycles. The van der Waals surface area contributed by atoms with E-state index < -0.39 is 0 Å². The zero-order valence-electron chi connectivity index (χ0n) is 19.7. The molecule has 2 N–H and O–H groups in total. The molecule has 1 heterocycles. The highest BCUT2D eigenvalue weighted by molar-refractivity contribution is 7.16. The van der Waals surface area contributed by atoms with Crippen LogP contribution in [0.25, 0.3) is 0 Å². The van der Waals surface area contributed by atoms with Crippen molar-refractivity contribution in [2.45, 2.75) is 19.9 Å². The lowest BCUT2D eigenvalue weighted by Gasteiger charge is -2.24. The van der Waals surface area contributed by atoms with Crippen LogP contribution in [-0.2, 0) is 0 Å². The number of methoxy groups -OCH3 is 2. The van der Waals surface area contributed by atoms with E-state index in [4.69, 9.17) is 9.47 Å². The number of amides is 1. The van der Waals surface area contributed by atoms with E-state index in [1.807, 2.05) is 78.9 Å². The van der Waals surface area contributed by atoms with Gasteiger partial charge in [0.1, 0.15) is 5.00 Å². The summed E-state index contributed by atoms with van der Waals surface area (Å²) in [4.78, 5) is 14.2. The van der Waals surface area contributed by atoms with Gasteiger partial charge in [0, 0.05) is 21.7 Å². The quantitative estimate of drug-likeness (QED) is 0.295. The lowest BCUT2D eigenvalue weighted by atomic mass is 9.95.